The molecule has 88 valence electrons. The van der Waals surface area contributed by atoms with Crippen molar-refractivity contribution in [2.24, 2.45) is 5.73 Å². The fourth-order valence-electron chi connectivity index (χ4n) is 1.95. The van der Waals surface area contributed by atoms with Crippen molar-refractivity contribution >= 4 is 5.91 Å². The lowest BCUT2D eigenvalue weighted by Crippen LogP contribution is -2.61. The van der Waals surface area contributed by atoms with Crippen LogP contribution in [-0.2, 0) is 4.79 Å². The lowest BCUT2D eigenvalue weighted by atomic mass is 10.0. The van der Waals surface area contributed by atoms with Crippen LogP contribution in [0.5, 0.6) is 0 Å². The third-order valence-corrected chi connectivity index (χ3v) is 2.54. The molecular weight excluding hydrogens is 192 g/mol. The summed E-state index contributed by atoms with van der Waals surface area (Å²) >= 11 is 0. The average Bonchev–Trinajstić information content (AvgIpc) is 2.16. The Hall–Kier alpha value is -0.650. The summed E-state index contributed by atoms with van der Waals surface area (Å²) in [5, 5.41) is 3.22. The fourth-order valence-corrected chi connectivity index (χ4v) is 1.95. The zero-order valence-electron chi connectivity index (χ0n) is 9.92. The Bertz CT molecular complexity index is 221. The number of nitrogens with one attached hydrogen (secondary N) is 1. The maximum atomic E-state index is 12.1. The quantitative estimate of drug-likeness (QED) is 0.613. The molecule has 0 saturated carbocycles. The number of nitrogens with zero attached hydrogens (tertiary/aromatic N) is 2. The third kappa shape index (κ3) is 3.44. The Labute approximate surface area is 91.6 Å². The van der Waals surface area contributed by atoms with Gasteiger partial charge in [-0.15, -0.1) is 0 Å². The van der Waals surface area contributed by atoms with Crippen molar-refractivity contribution in [3.05, 3.63) is 0 Å². The van der Waals surface area contributed by atoms with Crippen LogP contribution in [0.15, 0.2) is 0 Å². The molecule has 1 heterocycles. The van der Waals surface area contributed by atoms with Crippen molar-refractivity contribution in [1.82, 2.24) is 15.1 Å². The molecular formula is C10H22N4O. The minimum absolute atomic E-state index is 0.0534. The van der Waals surface area contributed by atoms with E-state index in [1.54, 1.807) is 6.92 Å². The number of amides is 1. The third-order valence-electron chi connectivity index (χ3n) is 2.54. The summed E-state index contributed by atoms with van der Waals surface area (Å²) in [5.41, 5.74) is 5.26. The summed E-state index contributed by atoms with van der Waals surface area (Å²) in [5.74, 6) is 0.0534. The van der Waals surface area contributed by atoms with E-state index in [2.05, 4.69) is 5.32 Å². The van der Waals surface area contributed by atoms with Crippen LogP contribution in [0.25, 0.3) is 0 Å². The van der Waals surface area contributed by atoms with E-state index >= 15 is 0 Å². The molecule has 1 aliphatic rings. The number of rotatable bonds is 3. The molecule has 15 heavy (non-hydrogen) atoms. The Morgan fingerprint density at radius 1 is 1.47 bits per heavy atom. The Balaban J connectivity index is 2.56. The molecule has 1 fully saturated rings. The molecule has 5 heteroatoms. The van der Waals surface area contributed by atoms with Crippen molar-refractivity contribution in [2.45, 2.75) is 12.5 Å². The molecule has 1 aliphatic heterocycles. The molecule has 1 unspecified atom stereocenters. The maximum absolute atomic E-state index is 12.1. The van der Waals surface area contributed by atoms with Gasteiger partial charge < -0.3 is 20.9 Å². The van der Waals surface area contributed by atoms with Gasteiger partial charge in [0.1, 0.15) is 5.54 Å². The van der Waals surface area contributed by atoms with Crippen LogP contribution < -0.4 is 11.1 Å². The smallest absolute Gasteiger partial charge is 0.243 e. The van der Waals surface area contributed by atoms with Crippen LogP contribution in [-0.4, -0.2) is 68.1 Å². The number of likely N-dealkylation sites (N-methyl/N-ethyl adjacent to an activating group) is 1. The highest BCUT2D eigenvalue weighted by molar-refractivity contribution is 5.86. The molecule has 1 atom stereocenters. The average molecular weight is 214 g/mol. The number of piperazine rings is 1. The largest absolute Gasteiger partial charge is 0.339 e. The summed E-state index contributed by atoms with van der Waals surface area (Å²) in [7, 11) is 3.85. The summed E-state index contributed by atoms with van der Waals surface area (Å²) in [4.78, 5) is 15.9. The van der Waals surface area contributed by atoms with Gasteiger partial charge in [-0.3, -0.25) is 4.79 Å². The standard InChI is InChI=1S/C10H22N4O/c1-10(11,8-13(2)3)9(15)14-6-4-12-5-7-14/h12H,4-8,11H2,1-3H3. The van der Waals surface area contributed by atoms with E-state index in [0.717, 1.165) is 26.2 Å². The highest BCUT2D eigenvalue weighted by Crippen LogP contribution is 2.07. The van der Waals surface area contributed by atoms with E-state index < -0.39 is 5.54 Å². The van der Waals surface area contributed by atoms with Gasteiger partial charge in [-0.05, 0) is 21.0 Å². The molecule has 0 aromatic carbocycles. The van der Waals surface area contributed by atoms with Crippen LogP contribution in [0, 0.1) is 0 Å². The Morgan fingerprint density at radius 3 is 2.47 bits per heavy atom. The zero-order valence-corrected chi connectivity index (χ0v) is 9.92. The minimum atomic E-state index is -0.777. The molecule has 1 saturated heterocycles. The van der Waals surface area contributed by atoms with Gasteiger partial charge in [0.05, 0.1) is 0 Å². The number of carbonyl (C=O) groups excluding carboxylic acids is 1. The van der Waals surface area contributed by atoms with Gasteiger partial charge in [0.2, 0.25) is 5.91 Å². The van der Waals surface area contributed by atoms with Crippen LogP contribution in [0.4, 0.5) is 0 Å². The lowest BCUT2D eigenvalue weighted by Gasteiger charge is -2.35. The molecule has 0 spiro atoms. The predicted octanol–water partition coefficient (Wildman–Crippen LogP) is -1.30. The SMILES string of the molecule is CN(C)CC(C)(N)C(=O)N1CCNCC1. The summed E-state index contributed by atoms with van der Waals surface area (Å²) in [6.45, 7) is 5.64. The maximum Gasteiger partial charge on any atom is 0.243 e. The highest BCUT2D eigenvalue weighted by Gasteiger charge is 2.33. The number of hydrogen-bond acceptors (Lipinski definition) is 4. The van der Waals surface area contributed by atoms with E-state index in [0.29, 0.717) is 6.54 Å². The van der Waals surface area contributed by atoms with Gasteiger partial charge in [-0.1, -0.05) is 0 Å². The molecule has 0 bridgehead atoms. The van der Waals surface area contributed by atoms with E-state index in [1.807, 2.05) is 23.9 Å². The monoisotopic (exact) mass is 214 g/mol. The van der Waals surface area contributed by atoms with Crippen LogP contribution in [0.2, 0.25) is 0 Å². The zero-order chi connectivity index (χ0) is 11.5. The molecule has 0 radical (unpaired) electrons. The molecule has 3 N–H and O–H groups in total. The second kappa shape index (κ2) is 4.92. The predicted molar refractivity (Wildman–Crippen MR) is 60.6 cm³/mol. The fraction of sp³-hybridized carbons (Fsp3) is 0.900. The number of carbonyl (C=O) groups is 1. The molecule has 0 aromatic rings. The van der Waals surface area contributed by atoms with Crippen LogP contribution in [0.1, 0.15) is 6.92 Å². The van der Waals surface area contributed by atoms with Gasteiger partial charge in [-0.25, -0.2) is 0 Å². The van der Waals surface area contributed by atoms with Crippen molar-refractivity contribution in [1.29, 1.82) is 0 Å². The van der Waals surface area contributed by atoms with E-state index in [9.17, 15) is 4.79 Å². The highest BCUT2D eigenvalue weighted by atomic mass is 16.2. The van der Waals surface area contributed by atoms with E-state index in [-0.39, 0.29) is 5.91 Å². The first-order valence-electron chi connectivity index (χ1n) is 5.37. The molecule has 0 aromatic heterocycles. The topological polar surface area (TPSA) is 61.6 Å². The first-order valence-corrected chi connectivity index (χ1v) is 5.37. The molecule has 5 nitrogen and oxygen atoms in total. The first-order chi connectivity index (χ1) is 6.93. The van der Waals surface area contributed by atoms with Crippen LogP contribution in [0.3, 0.4) is 0 Å². The molecule has 1 amide bonds. The summed E-state index contributed by atoms with van der Waals surface area (Å²) in [6, 6.07) is 0. The number of nitrogens with two attached hydrogens (primary N) is 1. The van der Waals surface area contributed by atoms with Gasteiger partial charge in [0, 0.05) is 32.7 Å². The van der Waals surface area contributed by atoms with E-state index in [1.165, 1.54) is 0 Å². The normalized spacial score (nSPS) is 21.5. The molecule has 1 rings (SSSR count). The molecule has 0 aliphatic carbocycles. The van der Waals surface area contributed by atoms with Gasteiger partial charge in [0.15, 0.2) is 0 Å². The van der Waals surface area contributed by atoms with Crippen molar-refractivity contribution in [3.63, 3.8) is 0 Å². The second-order valence-electron chi connectivity index (χ2n) is 4.70. The lowest BCUT2D eigenvalue weighted by molar-refractivity contribution is -0.137. The summed E-state index contributed by atoms with van der Waals surface area (Å²) in [6.07, 6.45) is 0. The Kier molecular flexibility index (Phi) is 4.07. The summed E-state index contributed by atoms with van der Waals surface area (Å²) < 4.78 is 0. The van der Waals surface area contributed by atoms with Gasteiger partial charge >= 0.3 is 0 Å². The second-order valence-corrected chi connectivity index (χ2v) is 4.70. The Morgan fingerprint density at radius 2 is 2.00 bits per heavy atom. The van der Waals surface area contributed by atoms with Crippen LogP contribution >= 0.6 is 0 Å². The van der Waals surface area contributed by atoms with Crippen molar-refractivity contribution < 1.29 is 4.79 Å². The van der Waals surface area contributed by atoms with Gasteiger partial charge in [-0.2, -0.15) is 0 Å². The van der Waals surface area contributed by atoms with Crippen molar-refractivity contribution in [3.8, 4) is 0 Å². The van der Waals surface area contributed by atoms with Crippen molar-refractivity contribution in [2.75, 3.05) is 46.8 Å². The minimum Gasteiger partial charge on any atom is -0.339 e. The number of hydrogen-bond donors (Lipinski definition) is 2. The van der Waals surface area contributed by atoms with Gasteiger partial charge in [0.25, 0.3) is 0 Å². The van der Waals surface area contributed by atoms with E-state index in [4.69, 9.17) is 5.73 Å². The first kappa shape index (κ1) is 12.4.